The first-order valence-corrected chi connectivity index (χ1v) is 7.15. The Labute approximate surface area is 118 Å². The number of aliphatic carboxylic acids is 1. The molecule has 1 aromatic rings. The molecule has 0 aliphatic carbocycles. The van der Waals surface area contributed by atoms with Crippen molar-refractivity contribution in [1.29, 1.82) is 0 Å². The van der Waals surface area contributed by atoms with Crippen molar-refractivity contribution in [3.63, 3.8) is 0 Å². The predicted octanol–water partition coefficient (Wildman–Crippen LogP) is 0.408. The van der Waals surface area contributed by atoms with Crippen molar-refractivity contribution < 1.29 is 14.6 Å². The molecule has 0 atom stereocenters. The second-order valence-corrected chi connectivity index (χ2v) is 5.03. The lowest BCUT2D eigenvalue weighted by molar-refractivity contribution is -0.137. The van der Waals surface area contributed by atoms with Gasteiger partial charge in [0, 0.05) is 32.3 Å². The molecule has 0 aromatic carbocycles. The fourth-order valence-electron chi connectivity index (χ4n) is 2.21. The van der Waals surface area contributed by atoms with Gasteiger partial charge in [-0.05, 0) is 19.3 Å². The van der Waals surface area contributed by atoms with Crippen LogP contribution in [0.3, 0.4) is 0 Å². The Morgan fingerprint density at radius 2 is 2.10 bits per heavy atom. The van der Waals surface area contributed by atoms with E-state index in [1.54, 1.807) is 0 Å². The summed E-state index contributed by atoms with van der Waals surface area (Å²) < 4.78 is 7.17. The summed E-state index contributed by atoms with van der Waals surface area (Å²) in [5, 5.41) is 16.8. The molecule has 0 radical (unpaired) electrons. The standard InChI is InChI=1S/C13H22N4O3/c18-13(19)4-2-1-3-12-11-17(15-14-12)6-5-16-7-9-20-10-8-16/h11H,1-10H2,(H,18,19). The Balaban J connectivity index is 1.65. The fraction of sp³-hybridized carbons (Fsp3) is 0.769. The van der Waals surface area contributed by atoms with E-state index in [0.717, 1.165) is 57.9 Å². The number of ether oxygens (including phenoxy) is 1. The molecule has 0 bridgehead atoms. The number of hydrogen-bond acceptors (Lipinski definition) is 5. The van der Waals surface area contributed by atoms with E-state index in [9.17, 15) is 4.79 Å². The van der Waals surface area contributed by atoms with Crippen LogP contribution in [-0.2, 0) is 22.5 Å². The average Bonchev–Trinajstić information content (AvgIpc) is 2.90. The minimum absolute atomic E-state index is 0.227. The van der Waals surface area contributed by atoms with Crippen LogP contribution in [-0.4, -0.2) is 63.8 Å². The van der Waals surface area contributed by atoms with E-state index >= 15 is 0 Å². The van der Waals surface area contributed by atoms with E-state index in [-0.39, 0.29) is 6.42 Å². The fourth-order valence-corrected chi connectivity index (χ4v) is 2.21. The zero-order chi connectivity index (χ0) is 14.2. The van der Waals surface area contributed by atoms with Crippen LogP contribution in [0.5, 0.6) is 0 Å². The van der Waals surface area contributed by atoms with Crippen LogP contribution in [0.1, 0.15) is 25.0 Å². The lowest BCUT2D eigenvalue weighted by atomic mass is 10.1. The first kappa shape index (κ1) is 14.9. The van der Waals surface area contributed by atoms with Crippen molar-refractivity contribution in [3.05, 3.63) is 11.9 Å². The van der Waals surface area contributed by atoms with E-state index in [2.05, 4.69) is 15.2 Å². The number of rotatable bonds is 8. The van der Waals surface area contributed by atoms with E-state index in [1.807, 2.05) is 10.9 Å². The molecule has 7 heteroatoms. The van der Waals surface area contributed by atoms with Crippen LogP contribution < -0.4 is 0 Å². The Morgan fingerprint density at radius 1 is 1.30 bits per heavy atom. The molecular weight excluding hydrogens is 260 g/mol. The Kier molecular flexibility index (Phi) is 5.94. The second-order valence-electron chi connectivity index (χ2n) is 5.03. The van der Waals surface area contributed by atoms with Crippen LogP contribution in [0.4, 0.5) is 0 Å². The summed E-state index contributed by atoms with van der Waals surface area (Å²) in [4.78, 5) is 12.8. The third-order valence-electron chi connectivity index (χ3n) is 3.41. The van der Waals surface area contributed by atoms with Gasteiger partial charge in [-0.1, -0.05) is 5.21 Å². The van der Waals surface area contributed by atoms with Gasteiger partial charge in [-0.25, -0.2) is 0 Å². The molecule has 1 aliphatic rings. The largest absolute Gasteiger partial charge is 0.481 e. The molecule has 0 unspecified atom stereocenters. The van der Waals surface area contributed by atoms with Gasteiger partial charge in [0.25, 0.3) is 0 Å². The van der Waals surface area contributed by atoms with Gasteiger partial charge < -0.3 is 9.84 Å². The van der Waals surface area contributed by atoms with E-state index in [4.69, 9.17) is 9.84 Å². The first-order valence-electron chi connectivity index (χ1n) is 7.15. The Hall–Kier alpha value is -1.47. The normalized spacial score (nSPS) is 16.4. The van der Waals surface area contributed by atoms with E-state index in [0.29, 0.717) is 6.42 Å². The summed E-state index contributed by atoms with van der Waals surface area (Å²) in [6, 6.07) is 0. The Bertz CT molecular complexity index is 416. The third kappa shape index (κ3) is 5.26. The number of hydrogen-bond donors (Lipinski definition) is 1. The summed E-state index contributed by atoms with van der Waals surface area (Å²) in [6.07, 6.45) is 4.52. The number of carboxylic acid groups (broad SMARTS) is 1. The predicted molar refractivity (Wildman–Crippen MR) is 72.5 cm³/mol. The van der Waals surface area contributed by atoms with E-state index in [1.165, 1.54) is 0 Å². The van der Waals surface area contributed by atoms with Gasteiger partial charge >= 0.3 is 5.97 Å². The number of carbonyl (C=O) groups is 1. The maximum Gasteiger partial charge on any atom is 0.303 e. The van der Waals surface area contributed by atoms with Gasteiger partial charge in [-0.2, -0.15) is 0 Å². The van der Waals surface area contributed by atoms with Gasteiger partial charge in [0.15, 0.2) is 0 Å². The van der Waals surface area contributed by atoms with Crippen molar-refractivity contribution in [2.75, 3.05) is 32.8 Å². The third-order valence-corrected chi connectivity index (χ3v) is 3.41. The molecule has 112 valence electrons. The topological polar surface area (TPSA) is 80.5 Å². The highest BCUT2D eigenvalue weighted by atomic mass is 16.5. The summed E-state index contributed by atoms with van der Waals surface area (Å²) in [5.74, 6) is -0.737. The average molecular weight is 282 g/mol. The van der Waals surface area contributed by atoms with Crippen molar-refractivity contribution >= 4 is 5.97 Å². The van der Waals surface area contributed by atoms with E-state index < -0.39 is 5.97 Å². The quantitative estimate of drug-likeness (QED) is 0.696. The molecule has 7 nitrogen and oxygen atoms in total. The first-order chi connectivity index (χ1) is 9.74. The number of aromatic nitrogens is 3. The molecule has 20 heavy (non-hydrogen) atoms. The molecule has 2 rings (SSSR count). The van der Waals surface area contributed by atoms with Crippen molar-refractivity contribution in [1.82, 2.24) is 19.9 Å². The van der Waals surface area contributed by atoms with Gasteiger partial charge in [0.05, 0.1) is 25.5 Å². The summed E-state index contributed by atoms with van der Waals surface area (Å²) in [7, 11) is 0. The molecular formula is C13H22N4O3. The summed E-state index contributed by atoms with van der Waals surface area (Å²) in [5.41, 5.74) is 0.942. The molecule has 0 saturated carbocycles. The number of nitrogens with zero attached hydrogens (tertiary/aromatic N) is 4. The highest BCUT2D eigenvalue weighted by molar-refractivity contribution is 5.66. The molecule has 0 amide bonds. The van der Waals surface area contributed by atoms with Gasteiger partial charge in [0.2, 0.25) is 0 Å². The molecule has 0 spiro atoms. The lowest BCUT2D eigenvalue weighted by Crippen LogP contribution is -2.38. The highest BCUT2D eigenvalue weighted by Gasteiger charge is 2.10. The van der Waals surface area contributed by atoms with Crippen LogP contribution in [0.2, 0.25) is 0 Å². The summed E-state index contributed by atoms with van der Waals surface area (Å²) >= 11 is 0. The zero-order valence-corrected chi connectivity index (χ0v) is 11.7. The van der Waals surface area contributed by atoms with Gasteiger partial charge in [0.1, 0.15) is 0 Å². The lowest BCUT2D eigenvalue weighted by Gasteiger charge is -2.26. The zero-order valence-electron chi connectivity index (χ0n) is 11.7. The monoisotopic (exact) mass is 282 g/mol. The Morgan fingerprint density at radius 3 is 2.85 bits per heavy atom. The summed E-state index contributed by atoms with van der Waals surface area (Å²) in [6.45, 7) is 5.39. The maximum atomic E-state index is 10.4. The highest BCUT2D eigenvalue weighted by Crippen LogP contribution is 2.04. The van der Waals surface area contributed by atoms with Crippen molar-refractivity contribution in [2.24, 2.45) is 0 Å². The number of carboxylic acids is 1. The minimum Gasteiger partial charge on any atom is -0.481 e. The maximum absolute atomic E-state index is 10.4. The minimum atomic E-state index is -0.737. The van der Waals surface area contributed by atoms with Crippen molar-refractivity contribution in [2.45, 2.75) is 32.2 Å². The SMILES string of the molecule is O=C(O)CCCCc1cn(CCN2CCOCC2)nn1. The van der Waals surface area contributed by atoms with Gasteiger partial charge in [-0.15, -0.1) is 5.10 Å². The van der Waals surface area contributed by atoms with Crippen LogP contribution in [0.25, 0.3) is 0 Å². The van der Waals surface area contributed by atoms with Crippen molar-refractivity contribution in [3.8, 4) is 0 Å². The smallest absolute Gasteiger partial charge is 0.303 e. The number of morpholine rings is 1. The second kappa shape index (κ2) is 7.96. The number of aryl methyl sites for hydroxylation is 1. The molecule has 1 saturated heterocycles. The molecule has 1 fully saturated rings. The molecule has 1 aromatic heterocycles. The van der Waals surface area contributed by atoms with Crippen LogP contribution in [0.15, 0.2) is 6.20 Å². The molecule has 1 N–H and O–H groups in total. The van der Waals surface area contributed by atoms with Gasteiger partial charge in [-0.3, -0.25) is 14.4 Å². The number of unbranched alkanes of at least 4 members (excludes halogenated alkanes) is 1. The van der Waals surface area contributed by atoms with Crippen LogP contribution in [0, 0.1) is 0 Å². The molecule has 1 aliphatic heterocycles. The molecule has 2 heterocycles. The van der Waals surface area contributed by atoms with Crippen LogP contribution >= 0.6 is 0 Å².